The second kappa shape index (κ2) is 5.93. The van der Waals surface area contributed by atoms with Gasteiger partial charge in [0.15, 0.2) is 0 Å². The van der Waals surface area contributed by atoms with E-state index in [-0.39, 0.29) is 12.5 Å². The van der Waals surface area contributed by atoms with Crippen LogP contribution in [0.2, 0.25) is 5.02 Å². The van der Waals surface area contributed by atoms with E-state index in [2.05, 4.69) is 4.98 Å². The molecule has 0 saturated carbocycles. The van der Waals surface area contributed by atoms with Gasteiger partial charge in [-0.3, -0.25) is 9.59 Å². The van der Waals surface area contributed by atoms with Crippen LogP contribution in [0.25, 0.3) is 10.9 Å². The van der Waals surface area contributed by atoms with Crippen LogP contribution in [0.3, 0.4) is 0 Å². The lowest BCUT2D eigenvalue weighted by Gasteiger charge is -2.30. The first-order valence-corrected chi connectivity index (χ1v) is 7.51. The van der Waals surface area contributed by atoms with Crippen LogP contribution >= 0.6 is 11.6 Å². The largest absolute Gasteiger partial charge is 0.481 e. The Balaban J connectivity index is 1.86. The topological polar surface area (TPSA) is 70.5 Å². The number of nitrogens with zero attached hydrogens (tertiary/aromatic N) is 2. The fourth-order valence-corrected chi connectivity index (χ4v) is 2.90. The number of amides is 1. The number of aromatic nitrogens is 1. The second-order valence-corrected chi connectivity index (χ2v) is 5.90. The Morgan fingerprint density at radius 2 is 2.05 bits per heavy atom. The van der Waals surface area contributed by atoms with Crippen LogP contribution in [0.1, 0.15) is 23.3 Å². The number of carbonyl (C=O) groups excluding carboxylic acids is 1. The predicted molar refractivity (Wildman–Crippen MR) is 83.0 cm³/mol. The molecule has 1 amide bonds. The number of aliphatic carboxylic acids is 1. The average molecular weight is 319 g/mol. The quantitative estimate of drug-likeness (QED) is 0.924. The van der Waals surface area contributed by atoms with Crippen molar-refractivity contribution in [2.75, 3.05) is 13.1 Å². The third-order valence-corrected chi connectivity index (χ3v) is 4.17. The smallest absolute Gasteiger partial charge is 0.308 e. The Hall–Kier alpha value is -2.14. The monoisotopic (exact) mass is 318 g/mol. The maximum atomic E-state index is 12.5. The van der Waals surface area contributed by atoms with Crippen LogP contribution in [0.15, 0.2) is 30.3 Å². The number of halogens is 1. The third-order valence-electron chi connectivity index (χ3n) is 3.93. The van der Waals surface area contributed by atoms with E-state index < -0.39 is 11.9 Å². The number of rotatable bonds is 2. The molecule has 1 aliphatic heterocycles. The molecule has 1 N–H and O–H groups in total. The van der Waals surface area contributed by atoms with Crippen molar-refractivity contribution in [1.82, 2.24) is 9.88 Å². The van der Waals surface area contributed by atoms with E-state index in [1.54, 1.807) is 23.1 Å². The Morgan fingerprint density at radius 1 is 1.27 bits per heavy atom. The Bertz CT molecular complexity index is 747. The summed E-state index contributed by atoms with van der Waals surface area (Å²) in [5.74, 6) is -1.57. The molecule has 0 unspecified atom stereocenters. The molecular weight excluding hydrogens is 304 g/mol. The van der Waals surface area contributed by atoms with Crippen molar-refractivity contribution < 1.29 is 14.7 Å². The molecule has 6 heteroatoms. The first-order chi connectivity index (χ1) is 10.5. The molecule has 1 aromatic carbocycles. The summed E-state index contributed by atoms with van der Waals surface area (Å²) in [5.41, 5.74) is 0.978. The number of benzene rings is 1. The lowest BCUT2D eigenvalue weighted by atomic mass is 9.98. The molecule has 3 rings (SSSR count). The van der Waals surface area contributed by atoms with Gasteiger partial charge in [-0.15, -0.1) is 0 Å². The average Bonchev–Trinajstić information content (AvgIpc) is 2.53. The molecule has 2 heterocycles. The van der Waals surface area contributed by atoms with Crippen molar-refractivity contribution in [3.8, 4) is 0 Å². The second-order valence-electron chi connectivity index (χ2n) is 5.46. The molecule has 1 fully saturated rings. The molecule has 0 bridgehead atoms. The van der Waals surface area contributed by atoms with Gasteiger partial charge in [0.25, 0.3) is 5.91 Å². The molecule has 1 aromatic heterocycles. The molecular formula is C16H15ClN2O3. The molecule has 5 nitrogen and oxygen atoms in total. The normalized spacial score (nSPS) is 18.4. The summed E-state index contributed by atoms with van der Waals surface area (Å²) in [6.45, 7) is 0.807. The fraction of sp³-hybridized carbons (Fsp3) is 0.312. The molecule has 22 heavy (non-hydrogen) atoms. The number of hydrogen-bond donors (Lipinski definition) is 1. The Morgan fingerprint density at radius 3 is 2.82 bits per heavy atom. The first-order valence-electron chi connectivity index (χ1n) is 7.13. The van der Waals surface area contributed by atoms with E-state index in [9.17, 15) is 9.59 Å². The van der Waals surface area contributed by atoms with Crippen LogP contribution in [0.4, 0.5) is 0 Å². The van der Waals surface area contributed by atoms with Crippen molar-refractivity contribution in [2.45, 2.75) is 12.8 Å². The highest BCUT2D eigenvalue weighted by atomic mass is 35.5. The summed E-state index contributed by atoms with van der Waals surface area (Å²) in [6.07, 6.45) is 1.31. The van der Waals surface area contributed by atoms with Crippen LogP contribution in [0, 0.1) is 5.92 Å². The minimum absolute atomic E-state index is 0.229. The van der Waals surface area contributed by atoms with Crippen molar-refractivity contribution in [3.63, 3.8) is 0 Å². The van der Waals surface area contributed by atoms with Crippen LogP contribution in [0.5, 0.6) is 0 Å². The minimum atomic E-state index is -0.851. The van der Waals surface area contributed by atoms with E-state index >= 15 is 0 Å². The van der Waals surface area contributed by atoms with Crippen molar-refractivity contribution in [3.05, 3.63) is 41.0 Å². The Labute approximate surface area is 132 Å². The van der Waals surface area contributed by atoms with Gasteiger partial charge in [-0.2, -0.15) is 0 Å². The summed E-state index contributed by atoms with van der Waals surface area (Å²) in [5, 5.41) is 10.6. The molecule has 1 saturated heterocycles. The van der Waals surface area contributed by atoms with E-state index in [0.717, 1.165) is 5.39 Å². The maximum Gasteiger partial charge on any atom is 0.308 e. The van der Waals surface area contributed by atoms with Crippen molar-refractivity contribution in [2.24, 2.45) is 5.92 Å². The molecule has 0 spiro atoms. The zero-order valence-corrected chi connectivity index (χ0v) is 12.6. The predicted octanol–water partition coefficient (Wildman–Crippen LogP) is 2.83. The summed E-state index contributed by atoms with van der Waals surface area (Å²) in [7, 11) is 0. The number of hydrogen-bond acceptors (Lipinski definition) is 3. The maximum absolute atomic E-state index is 12.5. The van der Waals surface area contributed by atoms with Gasteiger partial charge in [-0.05, 0) is 31.0 Å². The van der Waals surface area contributed by atoms with Crippen molar-refractivity contribution >= 4 is 34.4 Å². The highest BCUT2D eigenvalue weighted by Gasteiger charge is 2.29. The summed E-state index contributed by atoms with van der Waals surface area (Å²) < 4.78 is 0. The van der Waals surface area contributed by atoms with Crippen LogP contribution in [-0.2, 0) is 4.79 Å². The molecule has 1 aliphatic rings. The number of carbonyl (C=O) groups is 2. The van der Waals surface area contributed by atoms with E-state index in [1.165, 1.54) is 0 Å². The summed E-state index contributed by atoms with van der Waals surface area (Å²) in [4.78, 5) is 29.6. The van der Waals surface area contributed by atoms with E-state index in [1.807, 2.05) is 12.1 Å². The van der Waals surface area contributed by atoms with E-state index in [4.69, 9.17) is 16.7 Å². The molecule has 1 atom stereocenters. The molecule has 2 aromatic rings. The lowest BCUT2D eigenvalue weighted by Crippen LogP contribution is -2.42. The number of likely N-dealkylation sites (tertiary alicyclic amines) is 1. The zero-order chi connectivity index (χ0) is 15.7. The lowest BCUT2D eigenvalue weighted by molar-refractivity contribution is -0.143. The van der Waals surface area contributed by atoms with Gasteiger partial charge in [0.05, 0.1) is 11.4 Å². The molecule has 0 radical (unpaired) electrons. The van der Waals surface area contributed by atoms with Gasteiger partial charge in [-0.25, -0.2) is 4.98 Å². The standard InChI is InChI=1S/C16H15ClN2O3/c17-12-5-3-10-4-6-13(18-14(10)8-12)15(20)19-7-1-2-11(9-19)16(21)22/h3-6,8,11H,1-2,7,9H2,(H,21,22)/t11-/m0/s1. The van der Waals surface area contributed by atoms with Gasteiger partial charge < -0.3 is 10.0 Å². The highest BCUT2D eigenvalue weighted by Crippen LogP contribution is 2.21. The first kappa shape index (κ1) is 14.8. The Kier molecular flexibility index (Phi) is 3.98. The fourth-order valence-electron chi connectivity index (χ4n) is 2.73. The summed E-state index contributed by atoms with van der Waals surface area (Å²) >= 11 is 5.95. The van der Waals surface area contributed by atoms with Gasteiger partial charge in [0.1, 0.15) is 5.69 Å². The SMILES string of the molecule is O=C(O)[C@H]1CCCN(C(=O)c2ccc3ccc(Cl)cc3n2)C1. The van der Waals surface area contributed by atoms with Crippen LogP contribution < -0.4 is 0 Å². The van der Waals surface area contributed by atoms with E-state index in [0.29, 0.717) is 35.6 Å². The van der Waals surface area contributed by atoms with Gasteiger partial charge in [0, 0.05) is 23.5 Å². The highest BCUT2D eigenvalue weighted by molar-refractivity contribution is 6.31. The minimum Gasteiger partial charge on any atom is -0.481 e. The number of fused-ring (bicyclic) bond motifs is 1. The third kappa shape index (κ3) is 2.90. The van der Waals surface area contributed by atoms with Crippen molar-refractivity contribution in [1.29, 1.82) is 0 Å². The zero-order valence-electron chi connectivity index (χ0n) is 11.8. The number of pyridine rings is 1. The van der Waals surface area contributed by atoms with Crippen LogP contribution in [-0.4, -0.2) is 40.0 Å². The van der Waals surface area contributed by atoms with Gasteiger partial charge >= 0.3 is 5.97 Å². The number of carboxylic acid groups (broad SMARTS) is 1. The number of carboxylic acids is 1. The molecule has 0 aliphatic carbocycles. The molecule has 114 valence electrons. The van der Waals surface area contributed by atoms with Gasteiger partial charge in [-0.1, -0.05) is 23.7 Å². The summed E-state index contributed by atoms with van der Waals surface area (Å²) in [6, 6.07) is 8.83. The van der Waals surface area contributed by atoms with Gasteiger partial charge in [0.2, 0.25) is 0 Å². The number of piperidine rings is 1.